The third-order valence-electron chi connectivity index (χ3n) is 9.16. The second-order valence-corrected chi connectivity index (χ2v) is 15.9. The smallest absolute Gasteiger partial charge is 0.327 e. The third kappa shape index (κ3) is 24.5. The first kappa shape index (κ1) is 49.3. The van der Waals surface area contributed by atoms with Crippen LogP contribution in [0.5, 0.6) is 0 Å². The van der Waals surface area contributed by atoms with Gasteiger partial charge < -0.3 is 23.7 Å². The molecule has 0 saturated heterocycles. The van der Waals surface area contributed by atoms with Crippen molar-refractivity contribution in [2.45, 2.75) is 220 Å². The lowest BCUT2D eigenvalue weighted by molar-refractivity contribution is -0.404. The van der Waals surface area contributed by atoms with Crippen LogP contribution in [-0.2, 0) is 33.0 Å². The SMILES string of the molecule is C=C(C)C(=O)[P+](=O)C(CC(OCCCCCCC)(OCCCCCCC)OCCCCCCC)(OCCCCCCC)OCCCCCCC. The molecule has 0 N–H and O–H groups in total. The van der Waals surface area contributed by atoms with E-state index in [2.05, 4.69) is 41.2 Å². The van der Waals surface area contributed by atoms with Gasteiger partial charge in [-0.1, -0.05) is 174 Å². The predicted octanol–water partition coefficient (Wildman–Crippen LogP) is 13.5. The summed E-state index contributed by atoms with van der Waals surface area (Å²) in [4.78, 5) is 13.5. The summed E-state index contributed by atoms with van der Waals surface area (Å²) in [5, 5.41) is 0. The Kier molecular flexibility index (Phi) is 33.6. The molecule has 0 aromatic rings. The molecule has 0 aromatic carbocycles. The fourth-order valence-electron chi connectivity index (χ4n) is 5.89. The van der Waals surface area contributed by atoms with Gasteiger partial charge in [-0.3, -0.25) is 0 Å². The van der Waals surface area contributed by atoms with E-state index in [-0.39, 0.29) is 12.0 Å². The zero-order valence-corrected chi connectivity index (χ0v) is 34.8. The number of ether oxygens (including phenoxy) is 5. The van der Waals surface area contributed by atoms with Crippen LogP contribution in [0, 0.1) is 0 Å². The molecule has 1 atom stereocenters. The van der Waals surface area contributed by atoms with Gasteiger partial charge in [0.05, 0.1) is 33.0 Å². The molecule has 0 bridgehead atoms. The first-order valence-corrected chi connectivity index (χ1v) is 22.4. The normalized spacial score (nSPS) is 12.5. The van der Waals surface area contributed by atoms with Crippen molar-refractivity contribution >= 4 is 13.3 Å². The van der Waals surface area contributed by atoms with Gasteiger partial charge in [0.1, 0.15) is 6.42 Å². The van der Waals surface area contributed by atoms with Gasteiger partial charge in [0.2, 0.25) is 0 Å². The Labute approximate surface area is 310 Å². The first-order valence-electron chi connectivity index (χ1n) is 21.1. The van der Waals surface area contributed by atoms with Gasteiger partial charge in [0, 0.05) is 5.57 Å². The van der Waals surface area contributed by atoms with E-state index in [1.807, 2.05) is 0 Å². The lowest BCUT2D eigenvalue weighted by atomic mass is 10.1. The van der Waals surface area contributed by atoms with E-state index in [0.717, 1.165) is 122 Å². The van der Waals surface area contributed by atoms with E-state index >= 15 is 0 Å². The zero-order valence-electron chi connectivity index (χ0n) is 33.9. The Balaban J connectivity index is 6.64. The molecule has 0 rings (SSSR count). The van der Waals surface area contributed by atoms with Crippen molar-refractivity contribution in [2.24, 2.45) is 0 Å². The molecule has 0 aliphatic heterocycles. The van der Waals surface area contributed by atoms with E-state index in [9.17, 15) is 9.36 Å². The molecule has 0 amide bonds. The number of carbonyl (C=O) groups is 1. The van der Waals surface area contributed by atoms with Crippen LogP contribution in [0.4, 0.5) is 0 Å². The van der Waals surface area contributed by atoms with Crippen molar-refractivity contribution in [3.8, 4) is 0 Å². The van der Waals surface area contributed by atoms with Crippen molar-refractivity contribution in [1.29, 1.82) is 0 Å². The minimum absolute atomic E-state index is 0.100. The van der Waals surface area contributed by atoms with Crippen molar-refractivity contribution in [2.75, 3.05) is 33.0 Å². The summed E-state index contributed by atoms with van der Waals surface area (Å²) in [6.07, 6.45) is 26.6. The first-order chi connectivity index (χ1) is 24.3. The highest BCUT2D eigenvalue weighted by Crippen LogP contribution is 2.50. The summed E-state index contributed by atoms with van der Waals surface area (Å²) in [6, 6.07) is 0. The third-order valence-corrected chi connectivity index (χ3v) is 10.9. The maximum Gasteiger partial charge on any atom is 0.486 e. The molecule has 50 heavy (non-hydrogen) atoms. The molecular formula is C42H82O7P+. The van der Waals surface area contributed by atoms with Crippen LogP contribution in [-0.4, -0.2) is 50.1 Å². The Hall–Kier alpha value is -0.690. The maximum atomic E-state index is 14.5. The largest absolute Gasteiger partial charge is 0.486 e. The average Bonchev–Trinajstić information content (AvgIpc) is 3.11. The zero-order chi connectivity index (χ0) is 37.2. The summed E-state index contributed by atoms with van der Waals surface area (Å²) in [6.45, 7) is 18.5. The van der Waals surface area contributed by atoms with Crippen LogP contribution in [0.3, 0.4) is 0 Å². The molecular weight excluding hydrogens is 647 g/mol. The molecule has 0 spiro atoms. The van der Waals surface area contributed by atoms with Gasteiger partial charge in [-0.2, -0.15) is 0 Å². The summed E-state index contributed by atoms with van der Waals surface area (Å²) in [5.41, 5.74) is -2.07. The van der Waals surface area contributed by atoms with Gasteiger partial charge in [0.15, 0.2) is 0 Å². The number of rotatable bonds is 40. The van der Waals surface area contributed by atoms with E-state index < -0.39 is 24.8 Å². The Bertz CT molecular complexity index is 761. The number of hydrogen-bond donors (Lipinski definition) is 0. The van der Waals surface area contributed by atoms with Gasteiger partial charge in [0.25, 0.3) is 5.97 Å². The summed E-state index contributed by atoms with van der Waals surface area (Å²) >= 11 is 0. The minimum Gasteiger partial charge on any atom is -0.327 e. The molecule has 0 aromatic heterocycles. The Morgan fingerprint density at radius 3 is 0.980 bits per heavy atom. The maximum absolute atomic E-state index is 14.5. The quantitative estimate of drug-likeness (QED) is 0.0269. The summed E-state index contributed by atoms with van der Waals surface area (Å²) < 4.78 is 47.7. The average molecular weight is 730 g/mol. The van der Waals surface area contributed by atoms with Gasteiger partial charge in [-0.15, -0.1) is 0 Å². The highest BCUT2D eigenvalue weighted by Gasteiger charge is 2.63. The Morgan fingerprint density at radius 1 is 0.460 bits per heavy atom. The predicted molar refractivity (Wildman–Crippen MR) is 211 cm³/mol. The fourth-order valence-corrected chi connectivity index (χ4v) is 7.30. The van der Waals surface area contributed by atoms with Crippen LogP contribution in [0.25, 0.3) is 0 Å². The van der Waals surface area contributed by atoms with Gasteiger partial charge in [-0.05, 0) is 39.0 Å². The molecule has 0 saturated carbocycles. The standard InChI is InChI=1S/C42H82O7P/c1-8-13-18-23-28-33-45-41(46-34-29-24-19-14-9-2,47-35-30-25-20-15-10-3)38-42(50(44)40(43)39(6)7,48-36-31-26-21-16-11-4)49-37-32-27-22-17-12-5/h6,8-38H2,1-5,7H3/q+1. The lowest BCUT2D eigenvalue weighted by Crippen LogP contribution is -2.49. The fraction of sp³-hybridized carbons (Fsp3) is 0.929. The molecule has 296 valence electrons. The van der Waals surface area contributed by atoms with Gasteiger partial charge >= 0.3 is 18.9 Å². The summed E-state index contributed by atoms with van der Waals surface area (Å²) in [7, 11) is -2.70. The second-order valence-electron chi connectivity index (χ2n) is 14.3. The monoisotopic (exact) mass is 730 g/mol. The highest BCUT2D eigenvalue weighted by molar-refractivity contribution is 7.65. The molecule has 0 radical (unpaired) electrons. The summed E-state index contributed by atoms with van der Waals surface area (Å²) in [5.74, 6) is -1.55. The van der Waals surface area contributed by atoms with Crippen LogP contribution in [0.15, 0.2) is 12.2 Å². The molecule has 0 aliphatic rings. The number of unbranched alkanes of at least 4 members (excludes halogenated alkanes) is 20. The van der Waals surface area contributed by atoms with Crippen LogP contribution < -0.4 is 0 Å². The van der Waals surface area contributed by atoms with E-state index in [1.54, 1.807) is 6.92 Å². The molecule has 0 heterocycles. The second kappa shape index (κ2) is 34.1. The van der Waals surface area contributed by atoms with Crippen molar-refractivity contribution < 1.29 is 33.0 Å². The number of hydrogen-bond acceptors (Lipinski definition) is 7. The van der Waals surface area contributed by atoms with Crippen LogP contribution >= 0.6 is 7.80 Å². The number of allylic oxidation sites excluding steroid dienone is 1. The molecule has 0 fully saturated rings. The minimum atomic E-state index is -2.70. The highest BCUT2D eigenvalue weighted by atomic mass is 31.1. The van der Waals surface area contributed by atoms with Crippen LogP contribution in [0.1, 0.15) is 208 Å². The topological polar surface area (TPSA) is 80.3 Å². The molecule has 8 heteroatoms. The van der Waals surface area contributed by atoms with Crippen LogP contribution in [0.2, 0.25) is 0 Å². The number of carbonyl (C=O) groups excluding carboxylic acids is 1. The molecule has 1 unspecified atom stereocenters. The van der Waals surface area contributed by atoms with E-state index in [4.69, 9.17) is 23.7 Å². The van der Waals surface area contributed by atoms with Crippen molar-refractivity contribution in [1.82, 2.24) is 0 Å². The molecule has 0 aliphatic carbocycles. The Morgan fingerprint density at radius 2 is 0.720 bits per heavy atom. The van der Waals surface area contributed by atoms with Gasteiger partial charge in [-0.25, -0.2) is 4.79 Å². The lowest BCUT2D eigenvalue weighted by Gasteiger charge is -2.37. The van der Waals surface area contributed by atoms with Crippen molar-refractivity contribution in [3.63, 3.8) is 0 Å². The van der Waals surface area contributed by atoms with E-state index in [1.165, 1.54) is 38.5 Å². The van der Waals surface area contributed by atoms with Crippen molar-refractivity contribution in [3.05, 3.63) is 12.2 Å². The van der Waals surface area contributed by atoms with E-state index in [0.29, 0.717) is 33.0 Å². The molecule has 7 nitrogen and oxygen atoms in total.